The van der Waals surface area contributed by atoms with Gasteiger partial charge in [0.05, 0.1) is 0 Å². The van der Waals surface area contributed by atoms with E-state index in [1.54, 1.807) is 0 Å². The summed E-state index contributed by atoms with van der Waals surface area (Å²) in [6, 6.07) is 49.4. The van der Waals surface area contributed by atoms with E-state index in [4.69, 9.17) is 4.42 Å². The third-order valence-electron chi connectivity index (χ3n) is 14.2. The van der Waals surface area contributed by atoms with E-state index in [0.717, 1.165) is 21.9 Å². The second-order valence-corrected chi connectivity index (χ2v) is 17.0. The maximum absolute atomic E-state index is 6.56. The second kappa shape index (κ2) is 13.2. The minimum atomic E-state index is 0.919. The van der Waals surface area contributed by atoms with Crippen LogP contribution in [-0.4, -0.2) is 62.8 Å². The van der Waals surface area contributed by atoms with Gasteiger partial charge in [0, 0.05) is 10.8 Å². The van der Waals surface area contributed by atoms with Crippen LogP contribution in [0.25, 0.3) is 109 Å². The molecule has 1 heterocycles. The molecule has 1 aromatic heterocycles. The SMILES string of the molecule is Bc1c(B)c(B)c2c(-c3ccc4oc5cc6ccccc6cc5c4c3)c3c(B)c(B)c(B)c(B)c3c(-c3cccc(-c4cccc5ccc6ccccc6c45)c3)c2c1B. The Hall–Kier alpha value is -6.18. The maximum atomic E-state index is 6.56. The summed E-state index contributed by atoms with van der Waals surface area (Å²) in [6.45, 7) is 0. The van der Waals surface area contributed by atoms with E-state index in [9.17, 15) is 0 Å². The minimum Gasteiger partial charge on any atom is -0.456 e. The zero-order valence-electron chi connectivity index (χ0n) is 35.1. The summed E-state index contributed by atoms with van der Waals surface area (Å²) >= 11 is 0. The molecule has 0 atom stereocenters. The van der Waals surface area contributed by atoms with E-state index >= 15 is 0 Å². The summed E-state index contributed by atoms with van der Waals surface area (Å²) in [7, 11) is 18.7. The molecule has 0 spiro atoms. The molecule has 0 aliphatic heterocycles. The molecule has 0 bridgehead atoms. The van der Waals surface area contributed by atoms with Gasteiger partial charge in [-0.05, 0) is 118 Å². The van der Waals surface area contributed by atoms with Crippen molar-refractivity contribution >= 4 is 182 Å². The van der Waals surface area contributed by atoms with Crippen LogP contribution in [0.2, 0.25) is 0 Å². The Bertz CT molecular complexity index is 3580. The molecular formula is C50H38B8O. The summed E-state index contributed by atoms with van der Waals surface area (Å²) in [5.74, 6) is 0. The third kappa shape index (κ3) is 5.16. The molecule has 0 N–H and O–H groups in total. The highest BCUT2D eigenvalue weighted by Gasteiger charge is 2.26. The molecule has 1 nitrogen and oxygen atoms in total. The Kier molecular flexibility index (Phi) is 8.02. The molecule has 0 aliphatic rings. The van der Waals surface area contributed by atoms with Crippen molar-refractivity contribution in [1.82, 2.24) is 0 Å². The molecule has 10 aromatic carbocycles. The summed E-state index contributed by atoms with van der Waals surface area (Å²) in [6.07, 6.45) is 0. The van der Waals surface area contributed by atoms with Crippen LogP contribution in [0.5, 0.6) is 0 Å². The molecule has 11 rings (SSSR count). The molecule has 0 aliphatic carbocycles. The van der Waals surface area contributed by atoms with Gasteiger partial charge in [0.25, 0.3) is 0 Å². The molecule has 59 heavy (non-hydrogen) atoms. The first kappa shape index (κ1) is 35.9. The standard InChI is InChI=1S/C50H38B8O/c51-43-39-37(28-12-5-11-27(19-28)31-14-6-10-24-16-15-23-7-3-4-13-30(23)36(24)31)40-42(46(54)50(58)48(56)44(40)52)38(41(39)45(53)49(57)47(43)55)29-17-18-34-32(21-29)33-20-25-8-1-2-9-26(25)22-35(33)59-34/h1-22H,51-58H2. The number of benzene rings is 10. The third-order valence-corrected chi connectivity index (χ3v) is 14.2. The number of fused-ring (bicyclic) bond motifs is 9. The molecule has 0 radical (unpaired) electrons. The average molecular weight is 741 g/mol. The van der Waals surface area contributed by atoms with Crippen LogP contribution >= 0.6 is 0 Å². The monoisotopic (exact) mass is 742 g/mol. The minimum absolute atomic E-state index is 0.919. The lowest BCUT2D eigenvalue weighted by Crippen LogP contribution is -2.50. The molecule has 268 valence electrons. The van der Waals surface area contributed by atoms with Gasteiger partial charge >= 0.3 is 0 Å². The van der Waals surface area contributed by atoms with Gasteiger partial charge in [-0.3, -0.25) is 0 Å². The molecule has 11 aromatic rings. The van der Waals surface area contributed by atoms with Gasteiger partial charge in [-0.2, -0.15) is 0 Å². The highest BCUT2D eigenvalue weighted by atomic mass is 16.3. The van der Waals surface area contributed by atoms with Crippen LogP contribution in [0.3, 0.4) is 0 Å². The average Bonchev–Trinajstić information content (AvgIpc) is 3.63. The normalized spacial score (nSPS) is 11.9. The topological polar surface area (TPSA) is 13.1 Å². The van der Waals surface area contributed by atoms with Crippen LogP contribution in [0.15, 0.2) is 138 Å². The van der Waals surface area contributed by atoms with Crippen LogP contribution in [0, 0.1) is 0 Å². The molecule has 0 saturated heterocycles. The van der Waals surface area contributed by atoms with Crippen LogP contribution in [0.4, 0.5) is 0 Å². The fourth-order valence-corrected chi connectivity index (χ4v) is 10.5. The Morgan fingerprint density at radius 2 is 0.780 bits per heavy atom. The molecule has 0 saturated carbocycles. The van der Waals surface area contributed by atoms with Crippen LogP contribution in [0.1, 0.15) is 0 Å². The fraction of sp³-hybridized carbons (Fsp3) is 0. The Morgan fingerprint density at radius 1 is 0.288 bits per heavy atom. The Morgan fingerprint density at radius 3 is 1.42 bits per heavy atom. The number of rotatable bonds is 3. The summed E-state index contributed by atoms with van der Waals surface area (Å²) in [4.78, 5) is 0. The van der Waals surface area contributed by atoms with Crippen molar-refractivity contribution < 1.29 is 4.42 Å². The molecule has 0 unspecified atom stereocenters. The van der Waals surface area contributed by atoms with Gasteiger partial charge in [0.15, 0.2) is 0 Å². The first-order valence-electron chi connectivity index (χ1n) is 20.9. The van der Waals surface area contributed by atoms with Crippen LogP contribution < -0.4 is 43.7 Å². The highest BCUT2D eigenvalue weighted by Crippen LogP contribution is 2.44. The maximum Gasteiger partial charge on any atom is 0.139 e. The highest BCUT2D eigenvalue weighted by molar-refractivity contribution is 6.71. The first-order valence-corrected chi connectivity index (χ1v) is 20.9. The van der Waals surface area contributed by atoms with Crippen molar-refractivity contribution in [3.8, 4) is 33.4 Å². The van der Waals surface area contributed by atoms with E-state index < -0.39 is 0 Å². The van der Waals surface area contributed by atoms with E-state index in [2.05, 4.69) is 196 Å². The van der Waals surface area contributed by atoms with E-state index in [1.165, 1.54) is 131 Å². The van der Waals surface area contributed by atoms with Crippen LogP contribution in [-0.2, 0) is 0 Å². The number of furan rings is 1. The van der Waals surface area contributed by atoms with E-state index in [0.29, 0.717) is 0 Å². The summed E-state index contributed by atoms with van der Waals surface area (Å²) in [5.41, 5.74) is 20.3. The predicted octanol–water partition coefficient (Wildman–Crippen LogP) is 0.420. The Balaban J connectivity index is 1.28. The quantitative estimate of drug-likeness (QED) is 0.146. The Labute approximate surface area is 351 Å². The fourth-order valence-electron chi connectivity index (χ4n) is 10.5. The zero-order valence-corrected chi connectivity index (χ0v) is 35.1. The second-order valence-electron chi connectivity index (χ2n) is 17.0. The molecular weight excluding hydrogens is 703 g/mol. The van der Waals surface area contributed by atoms with Crippen molar-refractivity contribution in [3.05, 3.63) is 133 Å². The first-order chi connectivity index (χ1) is 28.6. The summed E-state index contributed by atoms with van der Waals surface area (Å²) in [5, 5.41) is 15.2. The van der Waals surface area contributed by atoms with Crippen molar-refractivity contribution in [2.45, 2.75) is 0 Å². The van der Waals surface area contributed by atoms with Crippen molar-refractivity contribution in [2.75, 3.05) is 0 Å². The largest absolute Gasteiger partial charge is 0.456 e. The van der Waals surface area contributed by atoms with Crippen molar-refractivity contribution in [3.63, 3.8) is 0 Å². The van der Waals surface area contributed by atoms with E-state index in [-0.39, 0.29) is 0 Å². The van der Waals surface area contributed by atoms with Gasteiger partial charge in [-0.1, -0.05) is 125 Å². The predicted molar refractivity (Wildman–Crippen MR) is 283 cm³/mol. The van der Waals surface area contributed by atoms with Gasteiger partial charge < -0.3 is 4.42 Å². The smallest absolute Gasteiger partial charge is 0.139 e. The number of hydrogen-bond donors (Lipinski definition) is 0. The van der Waals surface area contributed by atoms with E-state index in [1.807, 2.05) is 0 Å². The lowest BCUT2D eigenvalue weighted by atomic mass is 9.59. The molecule has 0 fully saturated rings. The number of hydrogen-bond acceptors (Lipinski definition) is 1. The lowest BCUT2D eigenvalue weighted by Gasteiger charge is -2.28. The van der Waals surface area contributed by atoms with Gasteiger partial charge in [-0.15, -0.1) is 21.9 Å². The molecule has 9 heteroatoms. The van der Waals surface area contributed by atoms with Gasteiger partial charge in [0.1, 0.15) is 73.9 Å². The van der Waals surface area contributed by atoms with Gasteiger partial charge in [0.2, 0.25) is 0 Å². The van der Waals surface area contributed by atoms with Gasteiger partial charge in [-0.25, -0.2) is 0 Å². The van der Waals surface area contributed by atoms with Crippen molar-refractivity contribution in [1.29, 1.82) is 0 Å². The zero-order chi connectivity index (χ0) is 40.4. The van der Waals surface area contributed by atoms with Crippen molar-refractivity contribution in [2.24, 2.45) is 0 Å². The molecule has 0 amide bonds. The summed E-state index contributed by atoms with van der Waals surface area (Å²) < 4.78 is 6.56. The lowest BCUT2D eigenvalue weighted by molar-refractivity contribution is 0.669.